The van der Waals surface area contributed by atoms with E-state index in [0.29, 0.717) is 24.6 Å². The van der Waals surface area contributed by atoms with E-state index in [1.165, 1.54) is 6.33 Å². The summed E-state index contributed by atoms with van der Waals surface area (Å²) in [4.78, 5) is 29.9. The predicted octanol–water partition coefficient (Wildman–Crippen LogP) is 4.43. The molecule has 0 bridgehead atoms. The smallest absolute Gasteiger partial charge is 0.263 e. The van der Waals surface area contributed by atoms with Crippen molar-refractivity contribution in [2.75, 3.05) is 5.32 Å². The van der Waals surface area contributed by atoms with E-state index in [2.05, 4.69) is 30.4 Å². The molecule has 0 aliphatic rings. The van der Waals surface area contributed by atoms with E-state index in [4.69, 9.17) is 4.42 Å². The minimum Gasteiger partial charge on any atom is -0.442 e. The van der Waals surface area contributed by atoms with E-state index in [1.807, 2.05) is 59.1 Å². The van der Waals surface area contributed by atoms with E-state index in [9.17, 15) is 4.79 Å². The monoisotopic (exact) mass is 445 g/mol. The van der Waals surface area contributed by atoms with Crippen LogP contribution in [0.2, 0.25) is 0 Å². The molecule has 0 atom stereocenters. The van der Waals surface area contributed by atoms with Crippen molar-refractivity contribution in [1.29, 1.82) is 0 Å². The average Bonchev–Trinajstić information content (AvgIpc) is 3.42. The molecule has 0 spiro atoms. The molecule has 4 aromatic rings. The summed E-state index contributed by atoms with van der Waals surface area (Å²) in [5, 5.41) is 7.25. The largest absolute Gasteiger partial charge is 0.442 e. The zero-order valence-electron chi connectivity index (χ0n) is 19.5. The van der Waals surface area contributed by atoms with Gasteiger partial charge in [0, 0.05) is 30.6 Å². The van der Waals surface area contributed by atoms with Crippen LogP contribution in [0.4, 0.5) is 11.6 Å². The first-order valence-electron chi connectivity index (χ1n) is 10.7. The fourth-order valence-corrected chi connectivity index (χ4v) is 3.33. The van der Waals surface area contributed by atoms with Crippen LogP contribution >= 0.6 is 0 Å². The Labute approximate surface area is 192 Å². The van der Waals surface area contributed by atoms with Gasteiger partial charge in [-0.2, -0.15) is 10.1 Å². The molecule has 0 fully saturated rings. The van der Waals surface area contributed by atoms with Crippen molar-refractivity contribution >= 4 is 17.4 Å². The standard InChI is InChI=1S/C24H27N7O2/c1-15-10-17(21-25-14-26-23(30-21)28-18-11-27-31(5)12-18)7-6-16(15)8-9-19(32)22-29-20(13-33-22)24(2,3)4/h6-7,10-14H,8-9H2,1-5H3,(H,25,26,28,30). The number of ketones is 1. The third-order valence-corrected chi connectivity index (χ3v) is 5.27. The van der Waals surface area contributed by atoms with Crippen molar-refractivity contribution in [2.24, 2.45) is 7.05 Å². The maximum Gasteiger partial charge on any atom is 0.263 e. The fraction of sp³-hybridized carbons (Fsp3) is 0.333. The second kappa shape index (κ2) is 8.93. The summed E-state index contributed by atoms with van der Waals surface area (Å²) in [6.07, 6.45) is 7.51. The van der Waals surface area contributed by atoms with Gasteiger partial charge >= 0.3 is 0 Å². The molecule has 0 aliphatic carbocycles. The molecule has 0 saturated carbocycles. The van der Waals surface area contributed by atoms with Crippen molar-refractivity contribution in [3.63, 3.8) is 0 Å². The highest BCUT2D eigenvalue weighted by atomic mass is 16.3. The summed E-state index contributed by atoms with van der Waals surface area (Å²) in [6, 6.07) is 5.98. The van der Waals surface area contributed by atoms with E-state index in [1.54, 1.807) is 17.1 Å². The fourth-order valence-electron chi connectivity index (χ4n) is 3.33. The summed E-state index contributed by atoms with van der Waals surface area (Å²) in [5.74, 6) is 1.09. The number of carbonyl (C=O) groups is 1. The second-order valence-corrected chi connectivity index (χ2v) is 9.01. The summed E-state index contributed by atoms with van der Waals surface area (Å²) >= 11 is 0. The van der Waals surface area contributed by atoms with Gasteiger partial charge in [-0.15, -0.1) is 0 Å². The summed E-state index contributed by atoms with van der Waals surface area (Å²) < 4.78 is 7.11. The Morgan fingerprint density at radius 2 is 2.00 bits per heavy atom. The molecule has 9 nitrogen and oxygen atoms in total. The van der Waals surface area contributed by atoms with Crippen LogP contribution in [0, 0.1) is 6.92 Å². The Balaban J connectivity index is 1.43. The number of aromatic nitrogens is 6. The van der Waals surface area contributed by atoms with Crippen molar-refractivity contribution in [3.05, 3.63) is 65.9 Å². The lowest BCUT2D eigenvalue weighted by Crippen LogP contribution is -2.12. The molecule has 0 unspecified atom stereocenters. The number of nitrogens with zero attached hydrogens (tertiary/aromatic N) is 6. The Kier molecular flexibility index (Phi) is 6.04. The lowest BCUT2D eigenvalue weighted by Gasteiger charge is -2.12. The topological polar surface area (TPSA) is 112 Å². The second-order valence-electron chi connectivity index (χ2n) is 9.01. The van der Waals surface area contributed by atoms with Gasteiger partial charge in [-0.1, -0.05) is 32.9 Å². The van der Waals surface area contributed by atoms with Crippen LogP contribution in [-0.4, -0.2) is 35.5 Å². The number of hydrogen-bond acceptors (Lipinski definition) is 8. The van der Waals surface area contributed by atoms with Gasteiger partial charge in [0.1, 0.15) is 12.6 Å². The predicted molar refractivity (Wildman–Crippen MR) is 124 cm³/mol. The van der Waals surface area contributed by atoms with Gasteiger partial charge < -0.3 is 9.73 Å². The zero-order chi connectivity index (χ0) is 23.6. The molecule has 170 valence electrons. The molecule has 1 N–H and O–H groups in total. The molecule has 0 amide bonds. The van der Waals surface area contributed by atoms with Gasteiger partial charge in [-0.05, 0) is 30.5 Å². The molecular formula is C24H27N7O2. The molecule has 0 aliphatic heterocycles. The van der Waals surface area contributed by atoms with Gasteiger partial charge in [-0.3, -0.25) is 9.48 Å². The average molecular weight is 446 g/mol. The molecule has 1 aromatic carbocycles. The minimum absolute atomic E-state index is 0.0995. The number of Topliss-reactive ketones (excluding diaryl/α,β-unsaturated/α-hetero) is 1. The number of benzene rings is 1. The molecule has 9 heteroatoms. The molecule has 0 radical (unpaired) electrons. The third kappa shape index (κ3) is 5.31. The molecule has 0 saturated heterocycles. The quantitative estimate of drug-likeness (QED) is 0.416. The van der Waals surface area contributed by atoms with Crippen molar-refractivity contribution < 1.29 is 9.21 Å². The van der Waals surface area contributed by atoms with E-state index in [-0.39, 0.29) is 17.1 Å². The van der Waals surface area contributed by atoms with Gasteiger partial charge in [0.05, 0.1) is 17.6 Å². The van der Waals surface area contributed by atoms with Crippen LogP contribution in [0.3, 0.4) is 0 Å². The van der Waals surface area contributed by atoms with E-state index < -0.39 is 0 Å². The first kappa shape index (κ1) is 22.3. The van der Waals surface area contributed by atoms with Crippen molar-refractivity contribution in [2.45, 2.75) is 46.0 Å². The zero-order valence-corrected chi connectivity index (χ0v) is 19.5. The normalized spacial score (nSPS) is 11.5. The van der Waals surface area contributed by atoms with Crippen LogP contribution < -0.4 is 5.32 Å². The van der Waals surface area contributed by atoms with Crippen LogP contribution in [0.1, 0.15) is 54.7 Å². The lowest BCUT2D eigenvalue weighted by molar-refractivity contribution is 0.0949. The Bertz CT molecular complexity index is 1280. The molecule has 3 heterocycles. The van der Waals surface area contributed by atoms with Crippen LogP contribution in [0.5, 0.6) is 0 Å². The van der Waals surface area contributed by atoms with E-state index in [0.717, 1.165) is 28.1 Å². The number of rotatable bonds is 7. The number of anilines is 2. The van der Waals surface area contributed by atoms with Crippen LogP contribution in [-0.2, 0) is 18.9 Å². The van der Waals surface area contributed by atoms with Gasteiger partial charge in [0.25, 0.3) is 5.89 Å². The first-order chi connectivity index (χ1) is 15.7. The number of oxazole rings is 1. The molecule has 4 rings (SSSR count). The number of aryl methyl sites for hydroxylation is 3. The number of nitrogens with one attached hydrogen (secondary N) is 1. The van der Waals surface area contributed by atoms with Crippen molar-refractivity contribution in [1.82, 2.24) is 29.7 Å². The number of carbonyl (C=O) groups excluding carboxylic acids is 1. The van der Waals surface area contributed by atoms with Crippen molar-refractivity contribution in [3.8, 4) is 11.4 Å². The highest BCUT2D eigenvalue weighted by Crippen LogP contribution is 2.23. The van der Waals surface area contributed by atoms with Crippen LogP contribution in [0.15, 0.2) is 47.6 Å². The summed E-state index contributed by atoms with van der Waals surface area (Å²) in [7, 11) is 1.84. The van der Waals surface area contributed by atoms with Gasteiger partial charge in [0.2, 0.25) is 11.7 Å². The summed E-state index contributed by atoms with van der Waals surface area (Å²) in [6.45, 7) is 8.12. The highest BCUT2D eigenvalue weighted by molar-refractivity contribution is 5.91. The van der Waals surface area contributed by atoms with Gasteiger partial charge in [-0.25, -0.2) is 15.0 Å². The third-order valence-electron chi connectivity index (χ3n) is 5.27. The lowest BCUT2D eigenvalue weighted by atomic mass is 9.93. The molecule has 33 heavy (non-hydrogen) atoms. The molecular weight excluding hydrogens is 418 g/mol. The summed E-state index contributed by atoms with van der Waals surface area (Å²) in [5.41, 5.74) is 4.44. The minimum atomic E-state index is -0.156. The number of hydrogen-bond donors (Lipinski definition) is 1. The molecule has 3 aromatic heterocycles. The highest BCUT2D eigenvalue weighted by Gasteiger charge is 2.21. The Morgan fingerprint density at radius 1 is 1.18 bits per heavy atom. The Hall–Kier alpha value is -3.88. The van der Waals surface area contributed by atoms with Crippen LogP contribution in [0.25, 0.3) is 11.4 Å². The van der Waals surface area contributed by atoms with Gasteiger partial charge in [0.15, 0.2) is 5.82 Å². The maximum atomic E-state index is 12.6. The first-order valence-corrected chi connectivity index (χ1v) is 10.7. The maximum absolute atomic E-state index is 12.6. The van der Waals surface area contributed by atoms with E-state index >= 15 is 0 Å². The Morgan fingerprint density at radius 3 is 2.67 bits per heavy atom. The SMILES string of the molecule is Cc1cc(-c2ncnc(Nc3cnn(C)c3)n2)ccc1CCC(=O)c1nc(C(C)(C)C)co1.